The van der Waals surface area contributed by atoms with Crippen molar-refractivity contribution >= 4 is 23.3 Å². The summed E-state index contributed by atoms with van der Waals surface area (Å²) in [6.45, 7) is 0.635. The zero-order valence-corrected chi connectivity index (χ0v) is 12.4. The van der Waals surface area contributed by atoms with Crippen LogP contribution in [0, 0.1) is 0 Å². The largest absolute Gasteiger partial charge is 0.331 e. The number of amides is 1. The van der Waals surface area contributed by atoms with Gasteiger partial charge in [0.25, 0.3) is 5.91 Å². The molecular weight excluding hydrogens is 300 g/mol. The Morgan fingerprint density at radius 1 is 1.27 bits per heavy atom. The van der Waals surface area contributed by atoms with Crippen molar-refractivity contribution in [1.29, 1.82) is 0 Å². The second-order valence-electron chi connectivity index (χ2n) is 4.76. The Balaban J connectivity index is 1.68. The number of nitrogens with zero attached hydrogens (tertiary/aromatic N) is 3. The fraction of sp³-hybridized carbons (Fsp3) is 0.0625. The first-order valence-corrected chi connectivity index (χ1v) is 7.06. The molecule has 1 amide bonds. The second-order valence-corrected chi connectivity index (χ2v) is 5.19. The number of halogens is 1. The van der Waals surface area contributed by atoms with Crippen LogP contribution in [-0.4, -0.2) is 20.4 Å². The standard InChI is InChI=1S/C16H13ClN4O/c17-14-5-1-3-12(7-14)9-21-10-15(19-11-21)20-16(22)13-4-2-6-18-8-13/h1-8,10-11H,9H2,(H,20,22). The smallest absolute Gasteiger partial charge is 0.258 e. The third-order valence-corrected chi connectivity index (χ3v) is 3.29. The average molecular weight is 313 g/mol. The molecule has 0 saturated heterocycles. The van der Waals surface area contributed by atoms with Gasteiger partial charge in [0.2, 0.25) is 0 Å². The highest BCUT2D eigenvalue weighted by molar-refractivity contribution is 6.30. The molecule has 0 atom stereocenters. The SMILES string of the molecule is O=C(Nc1cn(Cc2cccc(Cl)c2)cn1)c1cccnc1. The first-order valence-electron chi connectivity index (χ1n) is 6.68. The molecule has 0 aliphatic heterocycles. The molecule has 5 nitrogen and oxygen atoms in total. The summed E-state index contributed by atoms with van der Waals surface area (Å²) in [6, 6.07) is 11.0. The van der Waals surface area contributed by atoms with E-state index >= 15 is 0 Å². The Morgan fingerprint density at radius 3 is 2.95 bits per heavy atom. The predicted molar refractivity (Wildman–Crippen MR) is 85.0 cm³/mol. The summed E-state index contributed by atoms with van der Waals surface area (Å²) >= 11 is 5.97. The zero-order chi connectivity index (χ0) is 15.4. The number of carbonyl (C=O) groups is 1. The minimum Gasteiger partial charge on any atom is -0.331 e. The minimum atomic E-state index is -0.235. The van der Waals surface area contributed by atoms with Crippen LogP contribution in [-0.2, 0) is 6.54 Å². The number of anilines is 1. The normalized spacial score (nSPS) is 10.4. The number of carbonyl (C=O) groups excluding carboxylic acids is 1. The molecule has 0 radical (unpaired) electrons. The van der Waals surface area contributed by atoms with E-state index in [4.69, 9.17) is 11.6 Å². The lowest BCUT2D eigenvalue weighted by molar-refractivity contribution is 0.102. The zero-order valence-electron chi connectivity index (χ0n) is 11.6. The number of rotatable bonds is 4. The monoisotopic (exact) mass is 312 g/mol. The fourth-order valence-electron chi connectivity index (χ4n) is 2.04. The van der Waals surface area contributed by atoms with Gasteiger partial charge in [0.15, 0.2) is 5.82 Å². The van der Waals surface area contributed by atoms with Gasteiger partial charge in [0, 0.05) is 30.2 Å². The van der Waals surface area contributed by atoms with Crippen molar-refractivity contribution in [1.82, 2.24) is 14.5 Å². The Morgan fingerprint density at radius 2 is 2.18 bits per heavy atom. The molecule has 0 spiro atoms. The molecule has 22 heavy (non-hydrogen) atoms. The van der Waals surface area contributed by atoms with Crippen molar-refractivity contribution in [3.8, 4) is 0 Å². The van der Waals surface area contributed by atoms with Crippen LogP contribution >= 0.6 is 11.6 Å². The number of hydrogen-bond acceptors (Lipinski definition) is 3. The number of nitrogens with one attached hydrogen (secondary N) is 1. The molecule has 3 aromatic rings. The van der Waals surface area contributed by atoms with E-state index in [1.807, 2.05) is 28.8 Å². The van der Waals surface area contributed by atoms with E-state index in [1.54, 1.807) is 30.9 Å². The molecule has 1 aromatic carbocycles. The van der Waals surface area contributed by atoms with Crippen LogP contribution in [0.2, 0.25) is 5.02 Å². The molecule has 0 bridgehead atoms. The van der Waals surface area contributed by atoms with Crippen molar-refractivity contribution in [2.75, 3.05) is 5.32 Å². The van der Waals surface area contributed by atoms with Gasteiger partial charge in [0.05, 0.1) is 11.9 Å². The van der Waals surface area contributed by atoms with Crippen LogP contribution in [0.25, 0.3) is 0 Å². The molecule has 0 saturated carbocycles. The van der Waals surface area contributed by atoms with Gasteiger partial charge >= 0.3 is 0 Å². The van der Waals surface area contributed by atoms with Crippen LogP contribution in [0.3, 0.4) is 0 Å². The molecule has 2 aromatic heterocycles. The molecule has 0 aliphatic rings. The van der Waals surface area contributed by atoms with Gasteiger partial charge in [0.1, 0.15) is 0 Å². The number of aromatic nitrogens is 3. The highest BCUT2D eigenvalue weighted by Crippen LogP contribution is 2.13. The van der Waals surface area contributed by atoms with E-state index in [9.17, 15) is 4.79 Å². The third kappa shape index (κ3) is 3.51. The maximum Gasteiger partial charge on any atom is 0.258 e. The molecule has 2 heterocycles. The number of pyridine rings is 1. The van der Waals surface area contributed by atoms with Crippen molar-refractivity contribution in [2.24, 2.45) is 0 Å². The van der Waals surface area contributed by atoms with Crippen molar-refractivity contribution < 1.29 is 4.79 Å². The lowest BCUT2D eigenvalue weighted by atomic mass is 10.2. The number of benzene rings is 1. The number of hydrogen-bond donors (Lipinski definition) is 1. The van der Waals surface area contributed by atoms with Crippen molar-refractivity contribution in [2.45, 2.75) is 6.54 Å². The van der Waals surface area contributed by atoms with Crippen LogP contribution < -0.4 is 5.32 Å². The summed E-state index contributed by atoms with van der Waals surface area (Å²) in [6.07, 6.45) is 6.57. The molecular formula is C16H13ClN4O. The quantitative estimate of drug-likeness (QED) is 0.804. The average Bonchev–Trinajstić information content (AvgIpc) is 2.95. The van der Waals surface area contributed by atoms with E-state index in [0.29, 0.717) is 22.9 Å². The van der Waals surface area contributed by atoms with Gasteiger partial charge in [-0.3, -0.25) is 9.78 Å². The van der Waals surface area contributed by atoms with E-state index in [-0.39, 0.29) is 5.91 Å². The van der Waals surface area contributed by atoms with Crippen LogP contribution in [0.5, 0.6) is 0 Å². The van der Waals surface area contributed by atoms with Gasteiger partial charge in [-0.2, -0.15) is 0 Å². The maximum absolute atomic E-state index is 12.0. The van der Waals surface area contributed by atoms with Gasteiger partial charge in [-0.25, -0.2) is 4.98 Å². The predicted octanol–water partition coefficient (Wildman–Crippen LogP) is 3.23. The first kappa shape index (κ1) is 14.3. The highest BCUT2D eigenvalue weighted by Gasteiger charge is 2.07. The molecule has 1 N–H and O–H groups in total. The Labute approximate surface area is 132 Å². The third-order valence-electron chi connectivity index (χ3n) is 3.05. The van der Waals surface area contributed by atoms with Crippen LogP contribution in [0.4, 0.5) is 5.82 Å². The Kier molecular flexibility index (Phi) is 4.16. The van der Waals surface area contributed by atoms with Gasteiger partial charge in [-0.15, -0.1) is 0 Å². The lowest BCUT2D eigenvalue weighted by Gasteiger charge is -2.03. The fourth-order valence-corrected chi connectivity index (χ4v) is 2.26. The summed E-state index contributed by atoms with van der Waals surface area (Å²) in [5.74, 6) is 0.261. The van der Waals surface area contributed by atoms with E-state index in [2.05, 4.69) is 15.3 Å². The molecule has 0 unspecified atom stereocenters. The van der Waals surface area contributed by atoms with E-state index in [0.717, 1.165) is 5.56 Å². The summed E-state index contributed by atoms with van der Waals surface area (Å²) < 4.78 is 1.88. The van der Waals surface area contributed by atoms with Crippen molar-refractivity contribution in [3.63, 3.8) is 0 Å². The van der Waals surface area contributed by atoms with Crippen LogP contribution in [0.1, 0.15) is 15.9 Å². The summed E-state index contributed by atoms with van der Waals surface area (Å²) in [5, 5.41) is 3.44. The summed E-state index contributed by atoms with van der Waals surface area (Å²) in [5.41, 5.74) is 1.56. The lowest BCUT2D eigenvalue weighted by Crippen LogP contribution is -2.12. The Bertz CT molecular complexity index is 786. The van der Waals surface area contributed by atoms with Crippen LogP contribution in [0.15, 0.2) is 61.3 Å². The highest BCUT2D eigenvalue weighted by atomic mass is 35.5. The summed E-state index contributed by atoms with van der Waals surface area (Å²) in [7, 11) is 0. The minimum absolute atomic E-state index is 0.235. The van der Waals surface area contributed by atoms with Gasteiger partial charge < -0.3 is 9.88 Å². The summed E-state index contributed by atoms with van der Waals surface area (Å²) in [4.78, 5) is 20.1. The van der Waals surface area contributed by atoms with E-state index in [1.165, 1.54) is 6.20 Å². The maximum atomic E-state index is 12.0. The van der Waals surface area contributed by atoms with E-state index < -0.39 is 0 Å². The molecule has 6 heteroatoms. The molecule has 0 aliphatic carbocycles. The molecule has 0 fully saturated rings. The first-order chi connectivity index (χ1) is 10.7. The number of imidazole rings is 1. The van der Waals surface area contributed by atoms with Gasteiger partial charge in [-0.1, -0.05) is 23.7 Å². The molecule has 3 rings (SSSR count). The molecule has 110 valence electrons. The van der Waals surface area contributed by atoms with Crippen molar-refractivity contribution in [3.05, 3.63) is 77.5 Å². The van der Waals surface area contributed by atoms with Gasteiger partial charge in [-0.05, 0) is 29.8 Å². The topological polar surface area (TPSA) is 59.8 Å². The Hall–Kier alpha value is -2.66. The second kappa shape index (κ2) is 6.41.